The van der Waals surface area contributed by atoms with Crippen LogP contribution in [0.4, 0.5) is 0 Å². The number of fused-ring (bicyclic) bond motifs is 3. The summed E-state index contributed by atoms with van der Waals surface area (Å²) in [4.78, 5) is 0.861. The third-order valence-electron chi connectivity index (χ3n) is 5.04. The number of thioether (sulfide) groups is 1. The summed E-state index contributed by atoms with van der Waals surface area (Å²) in [5, 5.41) is 24.2. The maximum atomic E-state index is 10.5. The number of hydrogen-bond acceptors (Lipinski definition) is 5. The molecule has 4 nitrogen and oxygen atoms in total. The van der Waals surface area contributed by atoms with Gasteiger partial charge in [0.2, 0.25) is 0 Å². The Hall–Kier alpha value is -0.845. The maximum Gasteiger partial charge on any atom is 0.526 e. The van der Waals surface area contributed by atoms with E-state index in [1.807, 2.05) is 6.07 Å². The summed E-state index contributed by atoms with van der Waals surface area (Å²) in [6.45, 7) is 4.36. The molecular formula is C15H20BNO3S. The molecule has 0 amide bonds. The van der Waals surface area contributed by atoms with Crippen LogP contribution in [0.3, 0.4) is 0 Å². The molecule has 1 saturated carbocycles. The van der Waals surface area contributed by atoms with Crippen LogP contribution in [0, 0.1) is 5.92 Å². The molecule has 1 saturated heterocycles. The van der Waals surface area contributed by atoms with Crippen LogP contribution in [-0.2, 0) is 0 Å². The van der Waals surface area contributed by atoms with Gasteiger partial charge in [0.05, 0.1) is 4.90 Å². The molecule has 6 heteroatoms. The second kappa shape index (κ2) is 5.11. The smallest absolute Gasteiger partial charge is 0.526 e. The van der Waals surface area contributed by atoms with Crippen LogP contribution in [-0.4, -0.2) is 35.6 Å². The SMILES string of the molecule is C[C@H](Sc1ccc2c(c1O)OB(O)[C@H]1C[C@@H]21)[C@H]1CCNC1. The lowest BCUT2D eigenvalue weighted by Gasteiger charge is -2.23. The van der Waals surface area contributed by atoms with E-state index in [4.69, 9.17) is 4.65 Å². The maximum absolute atomic E-state index is 10.5. The Morgan fingerprint density at radius 2 is 2.33 bits per heavy atom. The van der Waals surface area contributed by atoms with Gasteiger partial charge in [-0.1, -0.05) is 13.0 Å². The Morgan fingerprint density at radius 1 is 1.48 bits per heavy atom. The van der Waals surface area contributed by atoms with E-state index in [-0.39, 0.29) is 11.6 Å². The molecule has 1 aromatic carbocycles. The Kier molecular flexibility index (Phi) is 3.36. The molecule has 3 N–H and O–H groups in total. The Bertz CT molecular complexity index is 564. The first-order valence-electron chi connectivity index (χ1n) is 7.73. The molecule has 0 bridgehead atoms. The van der Waals surface area contributed by atoms with Crippen LogP contribution in [0.25, 0.3) is 0 Å². The molecule has 0 aromatic heterocycles. The molecule has 2 fully saturated rings. The van der Waals surface area contributed by atoms with Crippen molar-refractivity contribution >= 4 is 18.9 Å². The molecule has 0 unspecified atom stereocenters. The molecule has 2 heterocycles. The van der Waals surface area contributed by atoms with Gasteiger partial charge in [-0.15, -0.1) is 11.8 Å². The number of aromatic hydroxyl groups is 1. The highest BCUT2D eigenvalue weighted by Gasteiger charge is 2.54. The normalized spacial score (nSPS) is 31.3. The molecule has 4 atom stereocenters. The van der Waals surface area contributed by atoms with Crippen molar-refractivity contribution in [2.24, 2.45) is 5.92 Å². The molecule has 3 aliphatic rings. The first-order chi connectivity index (χ1) is 10.1. The van der Waals surface area contributed by atoms with Gasteiger partial charge in [-0.05, 0) is 49.4 Å². The highest BCUT2D eigenvalue weighted by molar-refractivity contribution is 8.00. The second-order valence-corrected chi connectivity index (χ2v) is 7.84. The van der Waals surface area contributed by atoms with Crippen molar-refractivity contribution in [2.45, 2.75) is 41.6 Å². The van der Waals surface area contributed by atoms with Gasteiger partial charge in [0.1, 0.15) is 5.75 Å². The third kappa shape index (κ3) is 2.33. The van der Waals surface area contributed by atoms with Gasteiger partial charge >= 0.3 is 7.12 Å². The first kappa shape index (κ1) is 13.8. The van der Waals surface area contributed by atoms with Crippen molar-refractivity contribution in [1.29, 1.82) is 0 Å². The number of phenols is 1. The number of nitrogens with one attached hydrogen (secondary N) is 1. The molecule has 112 valence electrons. The van der Waals surface area contributed by atoms with Gasteiger partial charge in [-0.2, -0.15) is 0 Å². The monoisotopic (exact) mass is 305 g/mol. The summed E-state index contributed by atoms with van der Waals surface area (Å²) in [6.07, 6.45) is 2.16. The van der Waals surface area contributed by atoms with Crippen molar-refractivity contribution in [3.8, 4) is 11.5 Å². The molecule has 21 heavy (non-hydrogen) atoms. The Morgan fingerprint density at radius 3 is 3.10 bits per heavy atom. The van der Waals surface area contributed by atoms with Crippen LogP contribution in [0.15, 0.2) is 17.0 Å². The number of benzene rings is 1. The minimum atomic E-state index is -0.759. The van der Waals surface area contributed by atoms with E-state index < -0.39 is 7.12 Å². The fourth-order valence-electron chi connectivity index (χ4n) is 3.55. The van der Waals surface area contributed by atoms with Crippen LogP contribution in [0.2, 0.25) is 5.82 Å². The summed E-state index contributed by atoms with van der Waals surface area (Å²) in [5.74, 6) is 1.94. The van der Waals surface area contributed by atoms with Gasteiger partial charge in [0.25, 0.3) is 0 Å². The third-order valence-corrected chi connectivity index (χ3v) is 6.38. The van der Waals surface area contributed by atoms with E-state index >= 15 is 0 Å². The average molecular weight is 305 g/mol. The van der Waals surface area contributed by atoms with E-state index in [0.717, 1.165) is 30.0 Å². The summed E-state index contributed by atoms with van der Waals surface area (Å²) in [7, 11) is -0.759. The van der Waals surface area contributed by atoms with Crippen molar-refractivity contribution < 1.29 is 14.8 Å². The predicted molar refractivity (Wildman–Crippen MR) is 84.1 cm³/mol. The van der Waals surface area contributed by atoms with Crippen LogP contribution >= 0.6 is 11.8 Å². The highest BCUT2D eigenvalue weighted by atomic mass is 32.2. The van der Waals surface area contributed by atoms with Crippen molar-refractivity contribution in [2.75, 3.05) is 13.1 Å². The molecule has 4 rings (SSSR count). The Balaban J connectivity index is 1.57. The zero-order valence-electron chi connectivity index (χ0n) is 12.1. The van der Waals surface area contributed by atoms with Crippen LogP contribution in [0.1, 0.15) is 31.2 Å². The average Bonchev–Trinajstić information content (AvgIpc) is 3.09. The topological polar surface area (TPSA) is 61.7 Å². The predicted octanol–water partition coefficient (Wildman–Crippen LogP) is 2.21. The lowest BCUT2D eigenvalue weighted by atomic mass is 9.77. The van der Waals surface area contributed by atoms with E-state index in [1.54, 1.807) is 11.8 Å². The summed E-state index contributed by atoms with van der Waals surface area (Å²) in [6, 6.07) is 4.07. The minimum absolute atomic E-state index is 0.208. The quantitative estimate of drug-likeness (QED) is 0.590. The van der Waals surface area contributed by atoms with Gasteiger partial charge in [0, 0.05) is 11.1 Å². The standard InChI is InChI=1S/C15H20BNO3S/c1-8(9-4-5-17-7-9)21-13-3-2-10-11-6-12(11)16(19)20-15(10)14(13)18/h2-3,8-9,11-12,17-19H,4-7H2,1H3/t8-,9-,11-,12-/m0/s1. The first-order valence-corrected chi connectivity index (χ1v) is 8.61. The van der Waals surface area contributed by atoms with E-state index in [1.165, 1.54) is 6.42 Å². The lowest BCUT2D eigenvalue weighted by Crippen LogP contribution is -2.26. The number of phenolic OH excluding ortho intramolecular Hbond substituents is 1. The molecule has 0 spiro atoms. The van der Waals surface area contributed by atoms with Crippen molar-refractivity contribution in [1.82, 2.24) is 5.32 Å². The fourth-order valence-corrected chi connectivity index (χ4v) is 4.73. The van der Waals surface area contributed by atoms with Gasteiger partial charge in [0.15, 0.2) is 5.75 Å². The Labute approximate surface area is 129 Å². The largest absolute Gasteiger partial charge is 0.533 e. The summed E-state index contributed by atoms with van der Waals surface area (Å²) >= 11 is 1.70. The lowest BCUT2D eigenvalue weighted by molar-refractivity contribution is 0.369. The molecule has 1 aliphatic carbocycles. The second-order valence-electron chi connectivity index (χ2n) is 6.42. The molecule has 0 radical (unpaired) electrons. The zero-order chi connectivity index (χ0) is 14.6. The van der Waals surface area contributed by atoms with E-state index in [0.29, 0.717) is 22.8 Å². The molecule has 1 aromatic rings. The van der Waals surface area contributed by atoms with Gasteiger partial charge in [-0.3, -0.25) is 0 Å². The van der Waals surface area contributed by atoms with E-state index in [9.17, 15) is 10.1 Å². The number of rotatable bonds is 3. The van der Waals surface area contributed by atoms with Crippen molar-refractivity contribution in [3.63, 3.8) is 0 Å². The van der Waals surface area contributed by atoms with Crippen molar-refractivity contribution in [3.05, 3.63) is 17.7 Å². The highest BCUT2D eigenvalue weighted by Crippen LogP contribution is 2.62. The summed E-state index contributed by atoms with van der Waals surface area (Å²) < 4.78 is 5.54. The fraction of sp³-hybridized carbons (Fsp3) is 0.600. The molecule has 2 aliphatic heterocycles. The molecular weight excluding hydrogens is 285 g/mol. The number of hydrogen-bond donors (Lipinski definition) is 3. The van der Waals surface area contributed by atoms with Crippen LogP contribution in [0.5, 0.6) is 11.5 Å². The van der Waals surface area contributed by atoms with Gasteiger partial charge in [-0.25, -0.2) is 0 Å². The summed E-state index contributed by atoms with van der Waals surface area (Å²) in [5.41, 5.74) is 1.06. The van der Waals surface area contributed by atoms with Gasteiger partial charge < -0.3 is 20.1 Å². The minimum Gasteiger partial charge on any atom is -0.533 e. The van der Waals surface area contributed by atoms with E-state index in [2.05, 4.69) is 18.3 Å². The zero-order valence-corrected chi connectivity index (χ0v) is 12.9. The van der Waals surface area contributed by atoms with Crippen LogP contribution < -0.4 is 9.97 Å².